The van der Waals surface area contributed by atoms with Crippen LogP contribution in [-0.4, -0.2) is 17.1 Å². The number of anilines is 2. The second-order valence-corrected chi connectivity index (χ2v) is 4.61. The highest BCUT2D eigenvalue weighted by Gasteiger charge is 2.34. The molecule has 1 aromatic rings. The van der Waals surface area contributed by atoms with E-state index in [4.69, 9.17) is 0 Å². The molecule has 16 heavy (non-hydrogen) atoms. The van der Waals surface area contributed by atoms with E-state index in [1.807, 2.05) is 12.4 Å². The zero-order chi connectivity index (χ0) is 11.4. The van der Waals surface area contributed by atoms with Gasteiger partial charge in [0, 0.05) is 12.1 Å². The predicted molar refractivity (Wildman–Crippen MR) is 68.9 cm³/mol. The Balaban J connectivity index is 2.05. The maximum atomic E-state index is 4.26. The van der Waals surface area contributed by atoms with Crippen LogP contribution >= 0.6 is 0 Å². The van der Waals surface area contributed by atoms with Crippen molar-refractivity contribution in [3.8, 4) is 0 Å². The fourth-order valence-corrected chi connectivity index (χ4v) is 2.29. The summed E-state index contributed by atoms with van der Waals surface area (Å²) < 4.78 is 0. The van der Waals surface area contributed by atoms with Gasteiger partial charge in [0.15, 0.2) is 0 Å². The summed E-state index contributed by atoms with van der Waals surface area (Å²) in [4.78, 5) is 4.26. The minimum absolute atomic E-state index is 0.340. The average molecular weight is 219 g/mol. The Kier molecular flexibility index (Phi) is 3.32. The lowest BCUT2D eigenvalue weighted by molar-refractivity contribution is 0.269. The van der Waals surface area contributed by atoms with Crippen molar-refractivity contribution >= 4 is 11.4 Å². The van der Waals surface area contributed by atoms with Crippen molar-refractivity contribution in [1.29, 1.82) is 0 Å². The monoisotopic (exact) mass is 219 g/mol. The SMILES string of the molecule is CCNc1cncc(NC2(CC)CCC2)c1. The molecule has 3 heteroatoms. The summed E-state index contributed by atoms with van der Waals surface area (Å²) in [5.74, 6) is 0. The quantitative estimate of drug-likeness (QED) is 0.798. The second kappa shape index (κ2) is 4.73. The first kappa shape index (κ1) is 11.2. The standard InChI is InChI=1S/C13H21N3/c1-3-13(6-5-7-13)16-12-8-11(15-4-2)9-14-10-12/h8-10,15-16H,3-7H2,1-2H3. The number of hydrogen-bond acceptors (Lipinski definition) is 3. The molecule has 0 bridgehead atoms. The Labute approximate surface area is 97.7 Å². The van der Waals surface area contributed by atoms with Gasteiger partial charge in [0.1, 0.15) is 0 Å². The molecule has 2 N–H and O–H groups in total. The van der Waals surface area contributed by atoms with Crippen LogP contribution in [0.3, 0.4) is 0 Å². The molecule has 1 aromatic heterocycles. The summed E-state index contributed by atoms with van der Waals surface area (Å²) in [6, 6.07) is 2.15. The normalized spacial score (nSPS) is 17.6. The van der Waals surface area contributed by atoms with Crippen LogP contribution in [0.25, 0.3) is 0 Å². The van der Waals surface area contributed by atoms with Crippen LogP contribution in [0.5, 0.6) is 0 Å². The third-order valence-corrected chi connectivity index (χ3v) is 3.52. The predicted octanol–water partition coefficient (Wildman–Crippen LogP) is 3.26. The van der Waals surface area contributed by atoms with Gasteiger partial charge in [-0.15, -0.1) is 0 Å². The number of aromatic nitrogens is 1. The fraction of sp³-hybridized carbons (Fsp3) is 0.615. The lowest BCUT2D eigenvalue weighted by Crippen LogP contribution is -2.44. The molecule has 0 aliphatic heterocycles. The first-order valence-electron chi connectivity index (χ1n) is 6.25. The third kappa shape index (κ3) is 2.29. The van der Waals surface area contributed by atoms with E-state index in [0.717, 1.165) is 17.9 Å². The zero-order valence-corrected chi connectivity index (χ0v) is 10.2. The van der Waals surface area contributed by atoms with Gasteiger partial charge < -0.3 is 10.6 Å². The summed E-state index contributed by atoms with van der Waals surface area (Å²) in [6.07, 6.45) is 8.90. The van der Waals surface area contributed by atoms with E-state index in [2.05, 4.69) is 35.5 Å². The minimum Gasteiger partial charge on any atom is -0.384 e. The Morgan fingerprint density at radius 3 is 2.56 bits per heavy atom. The molecule has 1 fully saturated rings. The van der Waals surface area contributed by atoms with E-state index in [1.54, 1.807) is 0 Å². The van der Waals surface area contributed by atoms with Crippen LogP contribution in [0, 0.1) is 0 Å². The highest BCUT2D eigenvalue weighted by molar-refractivity contribution is 5.55. The summed E-state index contributed by atoms with van der Waals surface area (Å²) in [6.45, 7) is 5.29. The van der Waals surface area contributed by atoms with Gasteiger partial charge in [0.05, 0.1) is 23.8 Å². The molecule has 1 heterocycles. The zero-order valence-electron chi connectivity index (χ0n) is 10.2. The number of pyridine rings is 1. The van der Waals surface area contributed by atoms with E-state index in [-0.39, 0.29) is 0 Å². The van der Waals surface area contributed by atoms with Crippen LogP contribution in [0.15, 0.2) is 18.5 Å². The van der Waals surface area contributed by atoms with Gasteiger partial charge in [-0.1, -0.05) is 6.92 Å². The van der Waals surface area contributed by atoms with Gasteiger partial charge in [-0.05, 0) is 38.7 Å². The maximum Gasteiger partial charge on any atom is 0.0551 e. The van der Waals surface area contributed by atoms with Gasteiger partial charge in [0.25, 0.3) is 0 Å². The number of rotatable bonds is 5. The molecule has 1 aliphatic rings. The van der Waals surface area contributed by atoms with Crippen LogP contribution in [0.4, 0.5) is 11.4 Å². The molecule has 0 atom stereocenters. The van der Waals surface area contributed by atoms with Gasteiger partial charge >= 0.3 is 0 Å². The highest BCUT2D eigenvalue weighted by atomic mass is 15.0. The molecule has 0 aromatic carbocycles. The van der Waals surface area contributed by atoms with E-state index in [1.165, 1.54) is 25.7 Å². The number of nitrogens with zero attached hydrogens (tertiary/aromatic N) is 1. The smallest absolute Gasteiger partial charge is 0.0551 e. The Bertz CT molecular complexity index is 339. The summed E-state index contributed by atoms with van der Waals surface area (Å²) in [7, 11) is 0. The first-order chi connectivity index (χ1) is 7.78. The van der Waals surface area contributed by atoms with Crippen LogP contribution in [0.1, 0.15) is 39.5 Å². The molecule has 0 amide bonds. The summed E-state index contributed by atoms with van der Waals surface area (Å²) in [5.41, 5.74) is 2.57. The maximum absolute atomic E-state index is 4.26. The van der Waals surface area contributed by atoms with Crippen molar-refractivity contribution in [1.82, 2.24) is 4.98 Å². The molecular formula is C13H21N3. The molecule has 0 radical (unpaired) electrons. The third-order valence-electron chi connectivity index (χ3n) is 3.52. The molecule has 88 valence electrons. The highest BCUT2D eigenvalue weighted by Crippen LogP contribution is 2.38. The topological polar surface area (TPSA) is 37.0 Å². The average Bonchev–Trinajstić information content (AvgIpc) is 2.25. The molecule has 0 unspecified atom stereocenters. The van der Waals surface area contributed by atoms with Crippen molar-refractivity contribution in [2.75, 3.05) is 17.2 Å². The molecule has 0 saturated heterocycles. The molecular weight excluding hydrogens is 198 g/mol. The van der Waals surface area contributed by atoms with Crippen LogP contribution in [-0.2, 0) is 0 Å². The second-order valence-electron chi connectivity index (χ2n) is 4.61. The van der Waals surface area contributed by atoms with Crippen molar-refractivity contribution < 1.29 is 0 Å². The molecule has 1 saturated carbocycles. The van der Waals surface area contributed by atoms with Crippen LogP contribution in [0.2, 0.25) is 0 Å². The van der Waals surface area contributed by atoms with E-state index >= 15 is 0 Å². The van der Waals surface area contributed by atoms with Gasteiger partial charge in [-0.25, -0.2) is 0 Å². The Morgan fingerprint density at radius 2 is 2.00 bits per heavy atom. The van der Waals surface area contributed by atoms with Crippen molar-refractivity contribution in [2.24, 2.45) is 0 Å². The van der Waals surface area contributed by atoms with Crippen molar-refractivity contribution in [3.63, 3.8) is 0 Å². The fourth-order valence-electron chi connectivity index (χ4n) is 2.29. The number of nitrogens with one attached hydrogen (secondary N) is 2. The van der Waals surface area contributed by atoms with Crippen molar-refractivity contribution in [2.45, 2.75) is 45.1 Å². The van der Waals surface area contributed by atoms with E-state index in [0.29, 0.717) is 5.54 Å². The van der Waals surface area contributed by atoms with Crippen LogP contribution < -0.4 is 10.6 Å². The molecule has 2 rings (SSSR count). The Hall–Kier alpha value is -1.25. The largest absolute Gasteiger partial charge is 0.384 e. The summed E-state index contributed by atoms with van der Waals surface area (Å²) >= 11 is 0. The van der Waals surface area contributed by atoms with Gasteiger partial charge in [-0.3, -0.25) is 4.98 Å². The van der Waals surface area contributed by atoms with Gasteiger partial charge in [-0.2, -0.15) is 0 Å². The lowest BCUT2D eigenvalue weighted by Gasteiger charge is -2.42. The van der Waals surface area contributed by atoms with Crippen molar-refractivity contribution in [3.05, 3.63) is 18.5 Å². The van der Waals surface area contributed by atoms with Gasteiger partial charge in [0.2, 0.25) is 0 Å². The molecule has 0 spiro atoms. The number of hydrogen-bond donors (Lipinski definition) is 2. The lowest BCUT2D eigenvalue weighted by atomic mass is 9.75. The minimum atomic E-state index is 0.340. The molecule has 3 nitrogen and oxygen atoms in total. The molecule has 1 aliphatic carbocycles. The van der Waals surface area contributed by atoms with E-state index in [9.17, 15) is 0 Å². The first-order valence-corrected chi connectivity index (χ1v) is 6.25. The summed E-state index contributed by atoms with van der Waals surface area (Å²) in [5, 5.41) is 6.92. The Morgan fingerprint density at radius 1 is 1.25 bits per heavy atom. The van der Waals surface area contributed by atoms with E-state index < -0.39 is 0 Å².